The summed E-state index contributed by atoms with van der Waals surface area (Å²) in [5, 5.41) is 25.2. The lowest BCUT2D eigenvalue weighted by Crippen LogP contribution is -3.21. The second kappa shape index (κ2) is 19.9. The minimum Gasteiger partial charge on any atom is -0.599 e. The van der Waals surface area contributed by atoms with E-state index in [4.69, 9.17) is 55.7 Å². The predicted molar refractivity (Wildman–Crippen MR) is 202 cm³/mol. The van der Waals surface area contributed by atoms with Crippen LogP contribution in [0.15, 0.2) is 36.4 Å². The molecule has 288 valence electrons. The highest BCUT2D eigenvalue weighted by Crippen LogP contribution is 2.25. The number of quaternary nitrogens is 1. The van der Waals surface area contributed by atoms with Crippen molar-refractivity contribution < 1.29 is 52.9 Å². The number of halogens is 4. The first-order chi connectivity index (χ1) is 24.8. The molecule has 2 aromatic rings. The van der Waals surface area contributed by atoms with Gasteiger partial charge in [0.05, 0.1) is 21.9 Å². The molecule has 53 heavy (non-hydrogen) atoms. The molecule has 0 saturated carbocycles. The van der Waals surface area contributed by atoms with Crippen molar-refractivity contribution in [3.8, 4) is 0 Å². The van der Waals surface area contributed by atoms with Crippen LogP contribution in [0.5, 0.6) is 0 Å². The van der Waals surface area contributed by atoms with Gasteiger partial charge in [0.15, 0.2) is 11.6 Å². The van der Waals surface area contributed by atoms with Gasteiger partial charge in [-0.1, -0.05) is 74.1 Å². The number of nitrogens with one attached hydrogen (secondary N) is 3. The maximum atomic E-state index is 12.6. The standard InChI is InChI=1S/C19H23BCl2N2O6.C15H20BCl2NO4/c1-11(2)7-16(20-24(9-18(27)29-20)10-19(28)30-20)23-17(26)6-5-15(25)13-8-12(21)3-4-14(13)22;1-9(2)7-14(16(22)23)19-15(21)6-5-13(20)11-8-10(17)3-4-12(11)18/h3-4,8,11,16,24H,5-7,9-10H2,1-2H3,(H,23,26);3-4,8-9,14,22-23H,5-7H2,1-2H3,(H,19,21)/t16-;14-/m00/s1. The van der Waals surface area contributed by atoms with E-state index in [-0.39, 0.29) is 83.3 Å². The van der Waals surface area contributed by atoms with Crippen molar-refractivity contribution >= 4 is 95.5 Å². The molecule has 0 unspecified atom stereocenters. The van der Waals surface area contributed by atoms with Crippen LogP contribution in [0.2, 0.25) is 20.1 Å². The van der Waals surface area contributed by atoms with Gasteiger partial charge in [0.25, 0.3) is 0 Å². The fourth-order valence-corrected chi connectivity index (χ4v) is 6.94. The topological polar surface area (TPSA) is 190 Å². The summed E-state index contributed by atoms with van der Waals surface area (Å²) < 4.78 is 10.9. The Kier molecular flexibility index (Phi) is 16.6. The number of fused-ring (bicyclic) bond motifs is 1. The van der Waals surface area contributed by atoms with Gasteiger partial charge in [-0.2, -0.15) is 0 Å². The van der Waals surface area contributed by atoms with Gasteiger partial charge in [-0.05, 0) is 61.1 Å². The van der Waals surface area contributed by atoms with Gasteiger partial charge in [-0.3, -0.25) is 28.8 Å². The summed E-state index contributed by atoms with van der Waals surface area (Å²) in [4.78, 5) is 73.4. The third kappa shape index (κ3) is 13.0. The van der Waals surface area contributed by atoms with Crippen molar-refractivity contribution in [1.82, 2.24) is 10.6 Å². The molecule has 2 aliphatic heterocycles. The van der Waals surface area contributed by atoms with E-state index in [0.29, 0.717) is 27.7 Å². The van der Waals surface area contributed by atoms with E-state index >= 15 is 0 Å². The normalized spacial score (nSPS) is 18.7. The molecule has 0 bridgehead atoms. The second-order valence-corrected chi connectivity index (χ2v) is 15.6. The molecule has 2 heterocycles. The molecule has 2 atom stereocenters. The fourth-order valence-electron chi connectivity index (χ4n) is 6.15. The van der Waals surface area contributed by atoms with Crippen LogP contribution in [0.25, 0.3) is 0 Å². The van der Waals surface area contributed by atoms with Crippen molar-refractivity contribution in [2.45, 2.75) is 78.1 Å². The molecule has 13 nitrogen and oxygen atoms in total. The van der Waals surface area contributed by atoms with Crippen LogP contribution >= 0.6 is 46.4 Å². The molecule has 2 aromatic carbocycles. The number of carbonyl (C=O) groups excluding carboxylic acids is 6. The Bertz CT molecular complexity index is 1680. The molecule has 19 heteroatoms. The summed E-state index contributed by atoms with van der Waals surface area (Å²) in [5.74, 6) is -3.47. The van der Waals surface area contributed by atoms with Gasteiger partial charge in [0.1, 0.15) is 13.1 Å². The van der Waals surface area contributed by atoms with Crippen molar-refractivity contribution in [2.24, 2.45) is 11.8 Å². The highest BCUT2D eigenvalue weighted by atomic mass is 35.5. The molecule has 2 aliphatic rings. The second-order valence-electron chi connectivity index (χ2n) is 13.9. The van der Waals surface area contributed by atoms with Gasteiger partial charge >= 0.3 is 25.7 Å². The van der Waals surface area contributed by atoms with E-state index in [0.717, 1.165) is 0 Å². The lowest BCUT2D eigenvalue weighted by molar-refractivity contribution is -0.777. The molecule has 2 fully saturated rings. The number of ketones is 2. The molecule has 0 spiro atoms. The van der Waals surface area contributed by atoms with Crippen molar-refractivity contribution in [3.63, 3.8) is 0 Å². The number of carbonyl (C=O) groups is 6. The van der Waals surface area contributed by atoms with Crippen LogP contribution in [0.3, 0.4) is 0 Å². The highest BCUT2D eigenvalue weighted by molar-refractivity contribution is 6.66. The first kappa shape index (κ1) is 44.2. The Morgan fingerprint density at radius 1 is 0.736 bits per heavy atom. The minimum absolute atomic E-state index is 0.0158. The largest absolute Gasteiger partial charge is 0.604 e. The van der Waals surface area contributed by atoms with Gasteiger partial charge in [0.2, 0.25) is 11.8 Å². The summed E-state index contributed by atoms with van der Waals surface area (Å²) in [5.41, 5.74) is 0.525. The van der Waals surface area contributed by atoms with E-state index in [2.05, 4.69) is 10.6 Å². The van der Waals surface area contributed by atoms with Crippen molar-refractivity contribution in [1.29, 1.82) is 0 Å². The molecular weight excluding hydrogens is 774 g/mol. The minimum atomic E-state index is -2.37. The number of amides is 2. The van der Waals surface area contributed by atoms with E-state index in [1.165, 1.54) is 24.3 Å². The van der Waals surface area contributed by atoms with Crippen LogP contribution < -0.4 is 15.4 Å². The van der Waals surface area contributed by atoms with E-state index in [9.17, 15) is 38.8 Å². The average Bonchev–Trinajstić information content (AvgIpc) is 3.55. The Hall–Kier alpha value is -3.17. The molecule has 5 N–H and O–H groups in total. The third-order valence-corrected chi connectivity index (χ3v) is 9.70. The lowest BCUT2D eigenvalue weighted by Gasteiger charge is -2.37. The molecule has 4 rings (SSSR count). The molecular formula is C34H43B2Cl4N3O10. The smallest absolute Gasteiger partial charge is 0.599 e. The van der Waals surface area contributed by atoms with E-state index in [1.807, 2.05) is 27.7 Å². The average molecular weight is 817 g/mol. The van der Waals surface area contributed by atoms with Crippen molar-refractivity contribution in [3.05, 3.63) is 67.6 Å². The predicted octanol–water partition coefficient (Wildman–Crippen LogP) is 3.46. The molecule has 0 aromatic heterocycles. The van der Waals surface area contributed by atoms with Gasteiger partial charge in [0, 0.05) is 46.9 Å². The monoisotopic (exact) mass is 815 g/mol. The summed E-state index contributed by atoms with van der Waals surface area (Å²) in [6.45, 7) is 5.38. The van der Waals surface area contributed by atoms with Gasteiger partial charge in [-0.15, -0.1) is 0 Å². The number of hydrogen-bond donors (Lipinski definition) is 5. The van der Waals surface area contributed by atoms with Gasteiger partial charge in [-0.25, -0.2) is 0 Å². The molecule has 0 aliphatic carbocycles. The van der Waals surface area contributed by atoms with Crippen LogP contribution in [-0.4, -0.2) is 84.1 Å². The molecule has 0 radical (unpaired) electrons. The van der Waals surface area contributed by atoms with Crippen molar-refractivity contribution in [2.75, 3.05) is 13.1 Å². The lowest BCUT2D eigenvalue weighted by atomic mass is 9.59. The Labute approximate surface area is 328 Å². The maximum absolute atomic E-state index is 12.6. The molecule has 2 amide bonds. The van der Waals surface area contributed by atoms with Crippen LogP contribution in [-0.2, 0) is 28.5 Å². The van der Waals surface area contributed by atoms with E-state index < -0.39 is 49.4 Å². The van der Waals surface area contributed by atoms with Crippen LogP contribution in [0.4, 0.5) is 0 Å². The number of hydrogen-bond acceptors (Lipinski definition) is 10. The van der Waals surface area contributed by atoms with Crippen LogP contribution in [0, 0.1) is 11.8 Å². The first-order valence-corrected chi connectivity index (χ1v) is 18.7. The third-order valence-electron chi connectivity index (χ3n) is 8.57. The SMILES string of the molecule is CC(C)C[C@H](NC(=O)CCC(=O)c1cc(Cl)ccc1Cl)B(O)O.CC(C)C[C@H](NC(=O)CCC(=O)c1cc(Cl)ccc1Cl)[B-]12OC(=O)C[NH+]1CC(=O)O2. The van der Waals surface area contributed by atoms with Crippen LogP contribution in [0.1, 0.15) is 86.9 Å². The molecule has 2 saturated heterocycles. The highest BCUT2D eigenvalue weighted by Gasteiger charge is 2.64. The number of Topliss-reactive ketones (excluding diaryl/α,β-unsaturated/α-hetero) is 2. The number of benzene rings is 2. The summed E-state index contributed by atoms with van der Waals surface area (Å²) >= 11 is 23.7. The summed E-state index contributed by atoms with van der Waals surface area (Å²) in [6, 6.07) is 9.13. The fraction of sp³-hybridized carbons (Fsp3) is 0.471. The Morgan fingerprint density at radius 2 is 1.17 bits per heavy atom. The quantitative estimate of drug-likeness (QED) is 0.124. The van der Waals surface area contributed by atoms with E-state index in [1.54, 1.807) is 12.1 Å². The Balaban J connectivity index is 0.000000297. The summed E-state index contributed by atoms with van der Waals surface area (Å²) in [7, 11) is -1.64. The zero-order chi connectivity index (χ0) is 39.6. The first-order valence-electron chi connectivity index (χ1n) is 17.2. The van der Waals surface area contributed by atoms with Gasteiger partial charge < -0.3 is 34.8 Å². The summed E-state index contributed by atoms with van der Waals surface area (Å²) in [6.07, 6.45) is 0.599. The number of rotatable bonds is 16. The maximum Gasteiger partial charge on any atom is 0.604 e. The zero-order valence-electron chi connectivity index (χ0n) is 29.8. The zero-order valence-corrected chi connectivity index (χ0v) is 32.8. The Morgan fingerprint density at radius 3 is 1.58 bits per heavy atom.